The largest absolute Gasteiger partial charge is 0.453 e. The molecule has 8 rings (SSSR count). The van der Waals surface area contributed by atoms with Gasteiger partial charge in [0.25, 0.3) is 0 Å². The molecule has 14 nitrogen and oxygen atoms in total. The van der Waals surface area contributed by atoms with Crippen LogP contribution in [0.3, 0.4) is 0 Å². The molecule has 59 heavy (non-hydrogen) atoms. The normalized spacial score (nSPS) is 19.0. The molecule has 2 fully saturated rings. The van der Waals surface area contributed by atoms with Crippen molar-refractivity contribution in [3.05, 3.63) is 72.1 Å². The molecule has 2 aromatic carbocycles. The third-order valence-corrected chi connectivity index (χ3v) is 16.4. The number of nitrogens with zero attached hydrogens (tertiary/aromatic N) is 7. The van der Waals surface area contributed by atoms with E-state index < -0.39 is 20.2 Å². The van der Waals surface area contributed by atoms with E-state index in [1.807, 2.05) is 43.1 Å². The highest BCUT2D eigenvalue weighted by molar-refractivity contribution is 7.23. The van der Waals surface area contributed by atoms with Gasteiger partial charge in [-0.15, -0.1) is 22.7 Å². The third-order valence-electron chi connectivity index (χ3n) is 11.6. The van der Waals surface area contributed by atoms with Gasteiger partial charge >= 0.3 is 6.09 Å². The molecular weight excluding hydrogens is 801 g/mol. The van der Waals surface area contributed by atoms with Crippen LogP contribution in [-0.2, 0) is 14.3 Å². The summed E-state index contributed by atoms with van der Waals surface area (Å²) in [5, 5.41) is 4.35. The summed E-state index contributed by atoms with van der Waals surface area (Å²) in [5.74, 6) is 1.40. The Labute approximate surface area is 352 Å². The predicted octanol–water partition coefficient (Wildman–Crippen LogP) is 7.94. The molecule has 310 valence electrons. The number of likely N-dealkylation sites (N-methyl/N-ethyl adjacent to an activating group) is 1. The number of thiazole rings is 2. The Balaban J connectivity index is 1.01. The maximum absolute atomic E-state index is 14.6. The number of methoxy groups -OCH3 is 1. The van der Waals surface area contributed by atoms with Crippen LogP contribution in [-0.4, -0.2) is 110 Å². The Kier molecular flexibility index (Phi) is 11.5. The number of aromatic amines is 2. The van der Waals surface area contributed by atoms with Crippen molar-refractivity contribution in [1.29, 1.82) is 0 Å². The van der Waals surface area contributed by atoms with Crippen LogP contribution < -0.4 is 5.32 Å². The number of alkyl carbamates (subject to hydrolysis) is 1. The number of carbonyl (C=O) groups is 3. The van der Waals surface area contributed by atoms with Crippen molar-refractivity contribution in [2.75, 3.05) is 32.9 Å². The van der Waals surface area contributed by atoms with Crippen LogP contribution in [0, 0.1) is 5.92 Å². The standard InChI is InChI=1S/C42H52N10O4S2Si/c1-8-50(9-2)35(25-14-11-10-12-15-25)41(54)52-23-59(6,7)22-31(52)37-44-21-29(46-37)39-48-27-19-32-26(18-33(27)58-39)47-38(57-32)28-20-43-36(45-28)30-16-13-17-51(30)40(53)34(24(3)4)49-42(55)56-5/h10-12,14-15,18-21,24,30-31,34-35H,8-9,13,16-17,22-23H2,1-7H3,(H,43,45)(H,44,46)(H,49,55)/t30-,31-,34-,35+/m0/s1. The smallest absolute Gasteiger partial charge is 0.407 e. The SMILES string of the molecule is CCN(CC)[C@@H](C(=O)N1C[Si](C)(C)C[C@H]1c1ncc(-c2nc3cc4sc(-c5cnc([C@@H]6CCCN6C(=O)[C@@H](NC(=O)OC)C(C)C)[nH]5)nc4cc3s2)[nH]1)c1ccccc1. The fourth-order valence-electron chi connectivity index (χ4n) is 8.64. The van der Waals surface area contributed by atoms with Gasteiger partial charge in [-0.3, -0.25) is 14.5 Å². The highest BCUT2D eigenvalue weighted by Crippen LogP contribution is 2.42. The molecule has 0 radical (unpaired) electrons. The lowest BCUT2D eigenvalue weighted by atomic mass is 10.0. The third kappa shape index (κ3) is 8.04. The molecule has 17 heteroatoms. The van der Waals surface area contributed by atoms with Gasteiger partial charge in [-0.2, -0.15) is 0 Å². The summed E-state index contributed by atoms with van der Waals surface area (Å²) >= 11 is 3.15. The number of amides is 3. The van der Waals surface area contributed by atoms with Gasteiger partial charge in [-0.25, -0.2) is 24.7 Å². The summed E-state index contributed by atoms with van der Waals surface area (Å²) in [5.41, 5.74) is 4.40. The lowest BCUT2D eigenvalue weighted by Crippen LogP contribution is -2.51. The molecule has 2 aliphatic heterocycles. The Morgan fingerprint density at radius 2 is 1.49 bits per heavy atom. The van der Waals surface area contributed by atoms with Crippen LogP contribution in [0.4, 0.5) is 4.79 Å². The van der Waals surface area contributed by atoms with Gasteiger partial charge < -0.3 is 29.8 Å². The van der Waals surface area contributed by atoms with E-state index >= 15 is 0 Å². The van der Waals surface area contributed by atoms with E-state index in [1.54, 1.807) is 28.9 Å². The van der Waals surface area contributed by atoms with Crippen LogP contribution in [0.1, 0.15) is 75.9 Å². The summed E-state index contributed by atoms with van der Waals surface area (Å²) in [6, 6.07) is 13.9. The first-order valence-corrected chi connectivity index (χ1v) is 25.5. The van der Waals surface area contributed by atoms with Crippen molar-refractivity contribution in [3.8, 4) is 21.4 Å². The Morgan fingerprint density at radius 1 is 0.898 bits per heavy atom. The fourth-order valence-corrected chi connectivity index (χ4v) is 13.4. The first-order valence-electron chi connectivity index (χ1n) is 20.4. The van der Waals surface area contributed by atoms with Crippen LogP contribution >= 0.6 is 22.7 Å². The van der Waals surface area contributed by atoms with Gasteiger partial charge in [0.2, 0.25) is 11.8 Å². The first-order chi connectivity index (χ1) is 28.4. The lowest BCUT2D eigenvalue weighted by Gasteiger charge is -2.34. The van der Waals surface area contributed by atoms with E-state index in [4.69, 9.17) is 24.7 Å². The summed E-state index contributed by atoms with van der Waals surface area (Å²) in [6.07, 6.45) is 5.41. The number of ether oxygens (including phenoxy) is 1. The average molecular weight is 853 g/mol. The minimum absolute atomic E-state index is 0.111. The van der Waals surface area contributed by atoms with Crippen LogP contribution in [0.15, 0.2) is 54.9 Å². The predicted molar refractivity (Wildman–Crippen MR) is 235 cm³/mol. The van der Waals surface area contributed by atoms with E-state index in [9.17, 15) is 14.4 Å². The number of benzene rings is 2. The molecule has 0 saturated carbocycles. The molecule has 2 aliphatic rings. The number of imidazole rings is 2. The van der Waals surface area contributed by atoms with Gasteiger partial charge in [0.15, 0.2) is 0 Å². The number of H-pyrrole nitrogens is 2. The Bertz CT molecular complexity index is 2420. The van der Waals surface area contributed by atoms with Crippen molar-refractivity contribution in [2.45, 2.75) is 83.8 Å². The molecule has 4 aromatic heterocycles. The number of nitrogens with one attached hydrogen (secondary N) is 3. The van der Waals surface area contributed by atoms with Crippen molar-refractivity contribution < 1.29 is 19.1 Å². The van der Waals surface area contributed by atoms with Gasteiger partial charge in [-0.1, -0.05) is 71.1 Å². The molecule has 4 atom stereocenters. The zero-order valence-corrected chi connectivity index (χ0v) is 37.2. The maximum Gasteiger partial charge on any atom is 0.407 e. The van der Waals surface area contributed by atoms with Crippen molar-refractivity contribution >= 4 is 69.1 Å². The quantitative estimate of drug-likeness (QED) is 0.104. The zero-order chi connectivity index (χ0) is 41.6. The molecule has 0 aliphatic carbocycles. The number of rotatable bonds is 12. The monoisotopic (exact) mass is 852 g/mol. The molecule has 2 saturated heterocycles. The second-order valence-corrected chi connectivity index (χ2v) is 23.7. The van der Waals surface area contributed by atoms with Crippen LogP contribution in [0.25, 0.3) is 41.8 Å². The number of likely N-dealkylation sites (tertiary alicyclic amines) is 1. The van der Waals surface area contributed by atoms with E-state index in [1.165, 1.54) is 7.11 Å². The van der Waals surface area contributed by atoms with Gasteiger partial charge in [-0.05, 0) is 55.6 Å². The fraction of sp³-hybridized carbons (Fsp3) is 0.452. The van der Waals surface area contributed by atoms with Gasteiger partial charge in [0, 0.05) is 12.7 Å². The maximum atomic E-state index is 14.6. The second kappa shape index (κ2) is 16.6. The topological polar surface area (TPSA) is 165 Å². The lowest BCUT2D eigenvalue weighted by molar-refractivity contribution is -0.138. The molecule has 0 unspecified atom stereocenters. The minimum Gasteiger partial charge on any atom is -0.453 e. The molecular formula is C42H52N10O4S2Si. The number of fused-ring (bicyclic) bond motifs is 2. The molecule has 3 amide bonds. The highest BCUT2D eigenvalue weighted by Gasteiger charge is 2.46. The summed E-state index contributed by atoms with van der Waals surface area (Å²) < 4.78 is 6.80. The number of hydrogen-bond acceptors (Lipinski definition) is 11. The summed E-state index contributed by atoms with van der Waals surface area (Å²) in [4.78, 5) is 73.0. The van der Waals surface area contributed by atoms with Crippen molar-refractivity contribution in [3.63, 3.8) is 0 Å². The van der Waals surface area contributed by atoms with E-state index in [-0.39, 0.29) is 35.9 Å². The second-order valence-electron chi connectivity index (χ2n) is 16.6. The van der Waals surface area contributed by atoms with E-state index in [0.29, 0.717) is 12.4 Å². The number of aromatic nitrogens is 6. The van der Waals surface area contributed by atoms with Crippen LogP contribution in [0.2, 0.25) is 19.1 Å². The van der Waals surface area contributed by atoms with Gasteiger partial charge in [0.05, 0.1) is 71.5 Å². The highest BCUT2D eigenvalue weighted by atomic mass is 32.1. The zero-order valence-electron chi connectivity index (χ0n) is 34.6. The van der Waals surface area contributed by atoms with Gasteiger partial charge in [0.1, 0.15) is 33.7 Å². The van der Waals surface area contributed by atoms with E-state index in [0.717, 1.165) is 91.4 Å². The summed E-state index contributed by atoms with van der Waals surface area (Å²) in [6.45, 7) is 14.9. The van der Waals surface area contributed by atoms with Crippen LogP contribution in [0.5, 0.6) is 0 Å². The number of hydrogen-bond donors (Lipinski definition) is 3. The number of carbonyl (C=O) groups excluding carboxylic acids is 3. The Hall–Kier alpha value is -4.97. The molecule has 6 heterocycles. The minimum atomic E-state index is -1.72. The first kappa shape index (κ1) is 40.8. The molecule has 0 spiro atoms. The van der Waals surface area contributed by atoms with Crippen molar-refractivity contribution in [1.82, 2.24) is 49.9 Å². The van der Waals surface area contributed by atoms with E-state index in [2.05, 4.69) is 76.3 Å². The van der Waals surface area contributed by atoms with Crippen molar-refractivity contribution in [2.24, 2.45) is 5.92 Å². The molecule has 0 bridgehead atoms. The summed E-state index contributed by atoms with van der Waals surface area (Å²) in [7, 11) is -0.424. The molecule has 3 N–H and O–H groups in total. The average Bonchev–Trinajstić information content (AvgIpc) is 4.08. The Morgan fingerprint density at radius 3 is 2.05 bits per heavy atom. The molecule has 6 aromatic rings.